The van der Waals surface area contributed by atoms with E-state index in [1.165, 1.54) is 11.6 Å². The quantitative estimate of drug-likeness (QED) is 0.834. The first-order valence-corrected chi connectivity index (χ1v) is 7.85. The van der Waals surface area contributed by atoms with E-state index in [-0.39, 0.29) is 11.8 Å². The van der Waals surface area contributed by atoms with Crippen molar-refractivity contribution < 1.29 is 8.78 Å². The lowest BCUT2D eigenvalue weighted by molar-refractivity contribution is 0.392. The summed E-state index contributed by atoms with van der Waals surface area (Å²) in [7, 11) is 0. The second-order valence-electron chi connectivity index (χ2n) is 5.43. The van der Waals surface area contributed by atoms with Crippen LogP contribution < -0.4 is 5.32 Å². The molecule has 0 aliphatic carbocycles. The summed E-state index contributed by atoms with van der Waals surface area (Å²) in [4.78, 5) is 0. The van der Waals surface area contributed by atoms with Crippen molar-refractivity contribution in [1.82, 2.24) is 5.32 Å². The molecule has 1 saturated heterocycles. The van der Waals surface area contributed by atoms with Gasteiger partial charge in [0.1, 0.15) is 11.6 Å². The van der Waals surface area contributed by atoms with Gasteiger partial charge < -0.3 is 5.32 Å². The summed E-state index contributed by atoms with van der Waals surface area (Å²) in [6.07, 6.45) is 0.847. The fourth-order valence-corrected chi connectivity index (χ4v) is 3.54. The van der Waals surface area contributed by atoms with Gasteiger partial charge in [0.05, 0.1) is 0 Å². The Balaban J connectivity index is 1.98. The smallest absolute Gasteiger partial charge is 0.129 e. The molecule has 0 amide bonds. The molecule has 2 aromatic carbocycles. The van der Waals surface area contributed by atoms with Crippen LogP contribution in [0, 0.1) is 11.6 Å². The molecule has 1 fully saturated rings. The van der Waals surface area contributed by atoms with E-state index in [0.29, 0.717) is 5.56 Å². The average molecular weight is 352 g/mol. The standard InChI is InChI=1S/C17H16BrF2N/c18-12-3-1-2-11(8-12)16-10-21-7-6-14(16)15-5-4-13(19)9-17(15)20/h1-5,8-9,14,16,21H,6-7,10H2. The van der Waals surface area contributed by atoms with Crippen LogP contribution in [0.5, 0.6) is 0 Å². The van der Waals surface area contributed by atoms with Crippen molar-refractivity contribution in [2.24, 2.45) is 0 Å². The Morgan fingerprint density at radius 1 is 1.05 bits per heavy atom. The summed E-state index contributed by atoms with van der Waals surface area (Å²) in [5, 5.41) is 3.37. The highest BCUT2D eigenvalue weighted by molar-refractivity contribution is 9.10. The number of rotatable bonds is 2. The first kappa shape index (κ1) is 14.7. The molecular weight excluding hydrogens is 336 g/mol. The van der Waals surface area contributed by atoms with Crippen LogP contribution in [-0.2, 0) is 0 Å². The van der Waals surface area contributed by atoms with E-state index in [0.717, 1.165) is 30.0 Å². The van der Waals surface area contributed by atoms with Gasteiger partial charge in [-0.2, -0.15) is 0 Å². The Kier molecular flexibility index (Phi) is 4.36. The summed E-state index contributed by atoms with van der Waals surface area (Å²) in [6.45, 7) is 1.66. The van der Waals surface area contributed by atoms with Gasteiger partial charge in [0, 0.05) is 23.0 Å². The third-order valence-electron chi connectivity index (χ3n) is 4.12. The monoisotopic (exact) mass is 351 g/mol. The molecule has 2 aromatic rings. The number of nitrogens with one attached hydrogen (secondary N) is 1. The molecule has 0 radical (unpaired) electrons. The van der Waals surface area contributed by atoms with Crippen LogP contribution in [0.3, 0.4) is 0 Å². The van der Waals surface area contributed by atoms with Gasteiger partial charge in [0.15, 0.2) is 0 Å². The van der Waals surface area contributed by atoms with Crippen LogP contribution in [0.4, 0.5) is 8.78 Å². The molecule has 4 heteroatoms. The molecule has 2 unspecified atom stereocenters. The number of halogens is 3. The highest BCUT2D eigenvalue weighted by Gasteiger charge is 2.29. The van der Waals surface area contributed by atoms with Crippen LogP contribution >= 0.6 is 15.9 Å². The Bertz CT molecular complexity index is 644. The van der Waals surface area contributed by atoms with Crippen molar-refractivity contribution in [3.63, 3.8) is 0 Å². The number of hydrogen-bond acceptors (Lipinski definition) is 1. The molecule has 1 aliphatic heterocycles. The Hall–Kier alpha value is -1.26. The van der Waals surface area contributed by atoms with Gasteiger partial charge in [0.2, 0.25) is 0 Å². The molecule has 1 aliphatic rings. The van der Waals surface area contributed by atoms with E-state index in [1.807, 2.05) is 12.1 Å². The van der Waals surface area contributed by atoms with E-state index in [4.69, 9.17) is 0 Å². The van der Waals surface area contributed by atoms with Crippen molar-refractivity contribution >= 4 is 15.9 Å². The minimum absolute atomic E-state index is 0.0705. The Labute approximate surface area is 131 Å². The van der Waals surface area contributed by atoms with Gasteiger partial charge in [-0.3, -0.25) is 0 Å². The van der Waals surface area contributed by atoms with E-state index in [9.17, 15) is 8.78 Å². The summed E-state index contributed by atoms with van der Waals surface area (Å²) in [5.41, 5.74) is 1.79. The maximum atomic E-state index is 14.1. The van der Waals surface area contributed by atoms with Gasteiger partial charge in [-0.05, 0) is 48.2 Å². The molecule has 0 aromatic heterocycles. The Morgan fingerprint density at radius 2 is 1.90 bits per heavy atom. The fourth-order valence-electron chi connectivity index (χ4n) is 3.12. The van der Waals surface area contributed by atoms with Gasteiger partial charge in [-0.25, -0.2) is 8.78 Å². The summed E-state index contributed by atoms with van der Waals surface area (Å²) in [6, 6.07) is 12.0. The molecule has 0 bridgehead atoms. The zero-order valence-corrected chi connectivity index (χ0v) is 13.0. The third-order valence-corrected chi connectivity index (χ3v) is 4.61. The van der Waals surface area contributed by atoms with Crippen LogP contribution in [0.15, 0.2) is 46.9 Å². The lowest BCUT2D eigenvalue weighted by Gasteiger charge is -2.33. The Morgan fingerprint density at radius 3 is 2.67 bits per heavy atom. The third kappa shape index (κ3) is 3.16. The minimum Gasteiger partial charge on any atom is -0.316 e. The molecule has 1 nitrogen and oxygen atoms in total. The number of benzene rings is 2. The zero-order valence-electron chi connectivity index (χ0n) is 11.5. The van der Waals surface area contributed by atoms with Crippen molar-refractivity contribution in [3.8, 4) is 0 Å². The van der Waals surface area contributed by atoms with Crippen molar-refractivity contribution in [3.05, 3.63) is 69.7 Å². The normalized spacial score (nSPS) is 22.2. The highest BCUT2D eigenvalue weighted by Crippen LogP contribution is 2.39. The molecular formula is C17H16BrF2N. The van der Waals surface area contributed by atoms with E-state index in [1.54, 1.807) is 6.07 Å². The van der Waals surface area contributed by atoms with Gasteiger partial charge in [-0.15, -0.1) is 0 Å². The summed E-state index contributed by atoms with van der Waals surface area (Å²) >= 11 is 3.48. The highest BCUT2D eigenvalue weighted by atomic mass is 79.9. The topological polar surface area (TPSA) is 12.0 Å². The molecule has 3 rings (SSSR count). The van der Waals surface area contributed by atoms with Crippen molar-refractivity contribution in [1.29, 1.82) is 0 Å². The van der Waals surface area contributed by atoms with Gasteiger partial charge >= 0.3 is 0 Å². The molecule has 0 spiro atoms. The predicted octanol–water partition coefficient (Wildman–Crippen LogP) is 4.59. The molecule has 1 heterocycles. The lowest BCUT2D eigenvalue weighted by atomic mass is 9.77. The summed E-state index contributed by atoms with van der Waals surface area (Å²) in [5.74, 6) is -0.705. The minimum atomic E-state index is -0.524. The van der Waals surface area contributed by atoms with Crippen LogP contribution in [0.2, 0.25) is 0 Å². The van der Waals surface area contributed by atoms with Gasteiger partial charge in [0.25, 0.3) is 0 Å². The molecule has 1 N–H and O–H groups in total. The van der Waals surface area contributed by atoms with Crippen molar-refractivity contribution in [2.45, 2.75) is 18.3 Å². The largest absolute Gasteiger partial charge is 0.316 e. The molecule has 2 atom stereocenters. The average Bonchev–Trinajstić information content (AvgIpc) is 2.47. The fraction of sp³-hybridized carbons (Fsp3) is 0.294. The second-order valence-corrected chi connectivity index (χ2v) is 6.34. The van der Waals surface area contributed by atoms with Gasteiger partial charge in [-0.1, -0.05) is 34.1 Å². The molecule has 21 heavy (non-hydrogen) atoms. The van der Waals surface area contributed by atoms with E-state index in [2.05, 4.69) is 33.4 Å². The number of piperidine rings is 1. The van der Waals surface area contributed by atoms with E-state index >= 15 is 0 Å². The first-order chi connectivity index (χ1) is 10.1. The first-order valence-electron chi connectivity index (χ1n) is 7.06. The zero-order chi connectivity index (χ0) is 14.8. The second kappa shape index (κ2) is 6.24. The van der Waals surface area contributed by atoms with Crippen LogP contribution in [0.1, 0.15) is 29.4 Å². The van der Waals surface area contributed by atoms with Crippen molar-refractivity contribution in [2.75, 3.05) is 13.1 Å². The van der Waals surface area contributed by atoms with E-state index < -0.39 is 11.6 Å². The maximum absolute atomic E-state index is 14.1. The number of hydrogen-bond donors (Lipinski definition) is 1. The SMILES string of the molecule is Fc1ccc(C2CCNCC2c2cccc(Br)c2)c(F)c1. The molecule has 110 valence electrons. The van der Waals surface area contributed by atoms with Crippen LogP contribution in [0.25, 0.3) is 0 Å². The van der Waals surface area contributed by atoms with Crippen LogP contribution in [-0.4, -0.2) is 13.1 Å². The summed E-state index contributed by atoms with van der Waals surface area (Å²) < 4.78 is 28.3. The lowest BCUT2D eigenvalue weighted by Crippen LogP contribution is -2.34. The predicted molar refractivity (Wildman–Crippen MR) is 83.5 cm³/mol. The maximum Gasteiger partial charge on any atom is 0.129 e. The molecule has 0 saturated carbocycles.